The summed E-state index contributed by atoms with van der Waals surface area (Å²) in [6.07, 6.45) is 0.632. The number of hydrogen-bond donors (Lipinski definition) is 1. The van der Waals surface area contributed by atoms with Gasteiger partial charge in [0, 0.05) is 28.7 Å². The molecule has 102 valence electrons. The lowest BCUT2D eigenvalue weighted by atomic mass is 10.1. The Balaban J connectivity index is 2.12. The molecule has 0 radical (unpaired) electrons. The number of aryl methyl sites for hydroxylation is 1. The normalized spacial score (nSPS) is 10.0. The standard InChI is InChI=1S/C14H13N3O2S/c1-2-10-3-4-11(7-14(10)17(18)19)16-9-13-6-5-12(8-15)20-13/h3-7,16H,2,9H2,1H3. The lowest BCUT2D eigenvalue weighted by molar-refractivity contribution is -0.385. The van der Waals surface area contributed by atoms with Crippen molar-refractivity contribution in [3.8, 4) is 6.07 Å². The first-order chi connectivity index (χ1) is 9.63. The van der Waals surface area contributed by atoms with Gasteiger partial charge in [-0.15, -0.1) is 11.3 Å². The van der Waals surface area contributed by atoms with Gasteiger partial charge in [-0.2, -0.15) is 5.26 Å². The van der Waals surface area contributed by atoms with Crippen LogP contribution in [0.4, 0.5) is 11.4 Å². The van der Waals surface area contributed by atoms with Crippen LogP contribution in [0.2, 0.25) is 0 Å². The molecule has 0 bridgehead atoms. The van der Waals surface area contributed by atoms with Gasteiger partial charge in [0.05, 0.1) is 4.92 Å². The van der Waals surface area contributed by atoms with Gasteiger partial charge in [-0.3, -0.25) is 10.1 Å². The second kappa shape index (κ2) is 6.17. The maximum Gasteiger partial charge on any atom is 0.274 e. The van der Waals surface area contributed by atoms with Crippen LogP contribution < -0.4 is 5.32 Å². The van der Waals surface area contributed by atoms with E-state index < -0.39 is 0 Å². The quantitative estimate of drug-likeness (QED) is 0.671. The molecule has 0 saturated heterocycles. The molecular formula is C14H13N3O2S. The average molecular weight is 287 g/mol. The smallest absolute Gasteiger partial charge is 0.274 e. The van der Waals surface area contributed by atoms with Crippen LogP contribution in [0.1, 0.15) is 22.2 Å². The number of hydrogen-bond acceptors (Lipinski definition) is 5. The third kappa shape index (κ3) is 3.13. The molecule has 1 aromatic heterocycles. The first kappa shape index (κ1) is 14.0. The topological polar surface area (TPSA) is 79.0 Å². The zero-order valence-corrected chi connectivity index (χ0v) is 11.7. The summed E-state index contributed by atoms with van der Waals surface area (Å²) in [6, 6.07) is 10.9. The number of nitrogens with one attached hydrogen (secondary N) is 1. The maximum absolute atomic E-state index is 11.0. The molecule has 0 fully saturated rings. The van der Waals surface area contributed by atoms with Crippen molar-refractivity contribution in [2.45, 2.75) is 19.9 Å². The highest BCUT2D eigenvalue weighted by Gasteiger charge is 2.12. The van der Waals surface area contributed by atoms with Gasteiger partial charge >= 0.3 is 0 Å². The molecule has 0 aliphatic rings. The Kier molecular flexibility index (Phi) is 4.33. The summed E-state index contributed by atoms with van der Waals surface area (Å²) in [4.78, 5) is 12.3. The molecule has 2 rings (SSSR count). The fraction of sp³-hybridized carbons (Fsp3) is 0.214. The molecule has 6 heteroatoms. The number of thiophene rings is 1. The van der Waals surface area contributed by atoms with E-state index in [1.54, 1.807) is 18.2 Å². The van der Waals surface area contributed by atoms with Gasteiger partial charge in [-0.25, -0.2) is 0 Å². The van der Waals surface area contributed by atoms with Crippen LogP contribution in [0.15, 0.2) is 30.3 Å². The predicted octanol–water partition coefficient (Wildman–Crippen LogP) is 3.70. The zero-order valence-electron chi connectivity index (χ0n) is 10.9. The second-order valence-corrected chi connectivity index (χ2v) is 5.35. The summed E-state index contributed by atoms with van der Waals surface area (Å²) in [5.41, 5.74) is 1.57. The molecule has 0 unspecified atom stereocenters. The molecular weight excluding hydrogens is 274 g/mol. The monoisotopic (exact) mass is 287 g/mol. The minimum absolute atomic E-state index is 0.140. The van der Waals surface area contributed by atoms with E-state index in [0.717, 1.165) is 10.4 Å². The lowest BCUT2D eigenvalue weighted by Gasteiger charge is -2.06. The minimum Gasteiger partial charge on any atom is -0.380 e. The van der Waals surface area contributed by atoms with Crippen molar-refractivity contribution in [2.24, 2.45) is 0 Å². The Morgan fingerprint density at radius 3 is 2.80 bits per heavy atom. The summed E-state index contributed by atoms with van der Waals surface area (Å²) in [6.45, 7) is 2.44. The minimum atomic E-state index is -0.358. The molecule has 0 spiro atoms. The van der Waals surface area contributed by atoms with Crippen molar-refractivity contribution in [1.29, 1.82) is 5.26 Å². The highest BCUT2D eigenvalue weighted by Crippen LogP contribution is 2.24. The number of anilines is 1. The fourth-order valence-electron chi connectivity index (χ4n) is 1.86. The summed E-state index contributed by atoms with van der Waals surface area (Å²) < 4.78 is 0. The highest BCUT2D eigenvalue weighted by atomic mass is 32.1. The number of nitriles is 1. The van der Waals surface area contributed by atoms with Gasteiger partial charge in [-0.05, 0) is 24.6 Å². The summed E-state index contributed by atoms with van der Waals surface area (Å²) in [7, 11) is 0. The summed E-state index contributed by atoms with van der Waals surface area (Å²) in [5.74, 6) is 0. The zero-order chi connectivity index (χ0) is 14.5. The van der Waals surface area contributed by atoms with Crippen molar-refractivity contribution < 1.29 is 4.92 Å². The van der Waals surface area contributed by atoms with Gasteiger partial charge < -0.3 is 5.32 Å². The van der Waals surface area contributed by atoms with Gasteiger partial charge in [0.25, 0.3) is 5.69 Å². The van der Waals surface area contributed by atoms with Crippen molar-refractivity contribution in [2.75, 3.05) is 5.32 Å². The highest BCUT2D eigenvalue weighted by molar-refractivity contribution is 7.12. The van der Waals surface area contributed by atoms with Crippen molar-refractivity contribution in [1.82, 2.24) is 0 Å². The number of benzene rings is 1. The third-order valence-electron chi connectivity index (χ3n) is 2.90. The summed E-state index contributed by atoms with van der Waals surface area (Å²) >= 11 is 1.41. The number of nitro groups is 1. The van der Waals surface area contributed by atoms with E-state index in [1.165, 1.54) is 11.3 Å². The van der Waals surface area contributed by atoms with Crippen LogP contribution in [-0.2, 0) is 13.0 Å². The fourth-order valence-corrected chi connectivity index (χ4v) is 2.61. The molecule has 5 nitrogen and oxygen atoms in total. The Morgan fingerprint density at radius 2 is 2.20 bits per heavy atom. The molecule has 1 heterocycles. The molecule has 2 aromatic rings. The molecule has 0 aliphatic heterocycles. The maximum atomic E-state index is 11.0. The Labute approximate surface area is 120 Å². The molecule has 1 N–H and O–H groups in total. The van der Waals surface area contributed by atoms with Crippen LogP contribution in [-0.4, -0.2) is 4.92 Å². The molecule has 0 aliphatic carbocycles. The van der Waals surface area contributed by atoms with E-state index in [9.17, 15) is 10.1 Å². The van der Waals surface area contributed by atoms with E-state index in [4.69, 9.17) is 5.26 Å². The lowest BCUT2D eigenvalue weighted by Crippen LogP contribution is -2.00. The van der Waals surface area contributed by atoms with Crippen LogP contribution in [0.3, 0.4) is 0 Å². The van der Waals surface area contributed by atoms with Crippen molar-refractivity contribution >= 4 is 22.7 Å². The first-order valence-electron chi connectivity index (χ1n) is 6.14. The molecule has 0 atom stereocenters. The second-order valence-electron chi connectivity index (χ2n) is 4.19. The molecule has 1 aromatic carbocycles. The van der Waals surface area contributed by atoms with Crippen LogP contribution in [0, 0.1) is 21.4 Å². The van der Waals surface area contributed by atoms with Crippen LogP contribution in [0.5, 0.6) is 0 Å². The van der Waals surface area contributed by atoms with E-state index in [-0.39, 0.29) is 10.6 Å². The van der Waals surface area contributed by atoms with Crippen LogP contribution >= 0.6 is 11.3 Å². The van der Waals surface area contributed by atoms with Gasteiger partial charge in [0.1, 0.15) is 10.9 Å². The molecule has 0 saturated carbocycles. The number of nitro benzene ring substituents is 1. The Bertz CT molecular complexity index is 673. The Morgan fingerprint density at radius 1 is 1.40 bits per heavy atom. The van der Waals surface area contributed by atoms with Crippen molar-refractivity contribution in [3.05, 3.63) is 55.8 Å². The predicted molar refractivity (Wildman–Crippen MR) is 78.8 cm³/mol. The van der Waals surface area contributed by atoms with E-state index in [1.807, 2.05) is 19.1 Å². The number of nitrogens with zero attached hydrogens (tertiary/aromatic N) is 2. The number of rotatable bonds is 5. The van der Waals surface area contributed by atoms with E-state index >= 15 is 0 Å². The third-order valence-corrected chi connectivity index (χ3v) is 3.89. The largest absolute Gasteiger partial charge is 0.380 e. The van der Waals surface area contributed by atoms with Gasteiger partial charge in [0.15, 0.2) is 0 Å². The SMILES string of the molecule is CCc1ccc(NCc2ccc(C#N)s2)cc1[N+](=O)[O-]. The van der Waals surface area contributed by atoms with E-state index in [2.05, 4.69) is 11.4 Å². The van der Waals surface area contributed by atoms with Crippen LogP contribution in [0.25, 0.3) is 0 Å². The average Bonchev–Trinajstić information content (AvgIpc) is 2.92. The molecule has 20 heavy (non-hydrogen) atoms. The van der Waals surface area contributed by atoms with Gasteiger partial charge in [0.2, 0.25) is 0 Å². The first-order valence-corrected chi connectivity index (χ1v) is 6.95. The molecule has 0 amide bonds. The summed E-state index contributed by atoms with van der Waals surface area (Å²) in [5, 5.41) is 22.9. The van der Waals surface area contributed by atoms with Gasteiger partial charge in [-0.1, -0.05) is 13.0 Å². The van der Waals surface area contributed by atoms with E-state index in [0.29, 0.717) is 23.5 Å². The van der Waals surface area contributed by atoms with Crippen molar-refractivity contribution in [3.63, 3.8) is 0 Å². The Hall–Kier alpha value is -2.39.